The Morgan fingerprint density at radius 2 is 1.92 bits per heavy atom. The maximum Gasteiger partial charge on any atom is 0.273 e. The van der Waals surface area contributed by atoms with E-state index < -0.39 is 0 Å². The van der Waals surface area contributed by atoms with Crippen LogP contribution in [0.2, 0.25) is 0 Å². The standard InChI is InChI=1S/C18H23N7O/c1-12-5-6-15(23-22-12)25-10-7-14-13(11-25)16(21-18(19-2)20-14)17(26)24-8-3-4-9-24/h5-6H,3-4,7-11H2,1-2H3,(H,19,20,21). The number of nitrogens with one attached hydrogen (secondary N) is 1. The lowest BCUT2D eigenvalue weighted by molar-refractivity contribution is 0.0785. The number of carbonyl (C=O) groups is 1. The monoisotopic (exact) mass is 353 g/mol. The average molecular weight is 353 g/mol. The van der Waals surface area contributed by atoms with Crippen LogP contribution in [-0.4, -0.2) is 57.7 Å². The first-order valence-corrected chi connectivity index (χ1v) is 9.08. The lowest BCUT2D eigenvalue weighted by atomic mass is 10.0. The van der Waals surface area contributed by atoms with Gasteiger partial charge < -0.3 is 15.1 Å². The zero-order chi connectivity index (χ0) is 18.1. The fourth-order valence-electron chi connectivity index (χ4n) is 3.53. The van der Waals surface area contributed by atoms with E-state index in [2.05, 4.69) is 30.4 Å². The molecule has 4 rings (SSSR count). The summed E-state index contributed by atoms with van der Waals surface area (Å²) in [6.45, 7) is 4.90. The molecule has 0 aromatic carbocycles. The van der Waals surface area contributed by atoms with E-state index in [0.29, 0.717) is 18.2 Å². The molecule has 0 radical (unpaired) electrons. The van der Waals surface area contributed by atoms with Crippen molar-refractivity contribution < 1.29 is 4.79 Å². The Hall–Kier alpha value is -2.77. The van der Waals surface area contributed by atoms with Crippen molar-refractivity contribution in [2.75, 3.05) is 36.9 Å². The second-order valence-electron chi connectivity index (χ2n) is 6.77. The molecule has 8 heteroatoms. The summed E-state index contributed by atoms with van der Waals surface area (Å²) in [5, 5.41) is 11.4. The Labute approximate surface area is 152 Å². The molecule has 0 saturated carbocycles. The van der Waals surface area contributed by atoms with Crippen molar-refractivity contribution in [3.05, 3.63) is 34.8 Å². The second kappa shape index (κ2) is 6.86. The summed E-state index contributed by atoms with van der Waals surface area (Å²) in [7, 11) is 1.78. The van der Waals surface area contributed by atoms with E-state index in [4.69, 9.17) is 0 Å². The SMILES string of the molecule is CNc1nc2c(c(C(=O)N3CCCC3)n1)CN(c1ccc(C)nn1)CC2. The minimum atomic E-state index is 0.00879. The van der Waals surface area contributed by atoms with Crippen LogP contribution in [0.3, 0.4) is 0 Å². The van der Waals surface area contributed by atoms with Crippen molar-refractivity contribution in [1.82, 2.24) is 25.1 Å². The quantitative estimate of drug-likeness (QED) is 0.893. The molecule has 0 unspecified atom stereocenters. The highest BCUT2D eigenvalue weighted by Crippen LogP contribution is 2.26. The van der Waals surface area contributed by atoms with Crippen molar-refractivity contribution in [3.63, 3.8) is 0 Å². The molecule has 2 aliphatic rings. The molecule has 8 nitrogen and oxygen atoms in total. The first-order chi connectivity index (χ1) is 12.7. The normalized spacial score (nSPS) is 16.5. The lowest BCUT2D eigenvalue weighted by Gasteiger charge is -2.30. The molecular weight excluding hydrogens is 330 g/mol. The van der Waals surface area contributed by atoms with Gasteiger partial charge in [-0.1, -0.05) is 0 Å². The van der Waals surface area contributed by atoms with Gasteiger partial charge in [-0.3, -0.25) is 4.79 Å². The number of hydrogen-bond donors (Lipinski definition) is 1. The minimum absolute atomic E-state index is 0.00879. The van der Waals surface area contributed by atoms with Crippen molar-refractivity contribution in [3.8, 4) is 0 Å². The number of amides is 1. The predicted molar refractivity (Wildman–Crippen MR) is 98.2 cm³/mol. The largest absolute Gasteiger partial charge is 0.357 e. The molecule has 1 saturated heterocycles. The van der Waals surface area contributed by atoms with Crippen LogP contribution in [0.1, 0.15) is 40.3 Å². The summed E-state index contributed by atoms with van der Waals surface area (Å²) in [5.41, 5.74) is 3.27. The molecule has 4 heterocycles. The zero-order valence-electron chi connectivity index (χ0n) is 15.2. The van der Waals surface area contributed by atoms with Gasteiger partial charge in [-0.05, 0) is 31.9 Å². The number of likely N-dealkylation sites (tertiary alicyclic amines) is 1. The zero-order valence-corrected chi connectivity index (χ0v) is 15.2. The molecule has 136 valence electrons. The van der Waals surface area contributed by atoms with Gasteiger partial charge in [0.1, 0.15) is 5.69 Å². The topological polar surface area (TPSA) is 87.1 Å². The highest BCUT2D eigenvalue weighted by atomic mass is 16.2. The molecule has 2 aliphatic heterocycles. The van der Waals surface area contributed by atoms with E-state index >= 15 is 0 Å². The Bertz CT molecular complexity index is 815. The van der Waals surface area contributed by atoms with Crippen LogP contribution in [0.4, 0.5) is 11.8 Å². The van der Waals surface area contributed by atoms with Crippen LogP contribution in [0.25, 0.3) is 0 Å². The predicted octanol–water partition coefficient (Wildman–Crippen LogP) is 1.42. The van der Waals surface area contributed by atoms with Crippen molar-refractivity contribution >= 4 is 17.7 Å². The van der Waals surface area contributed by atoms with Gasteiger partial charge in [-0.25, -0.2) is 9.97 Å². The number of aromatic nitrogens is 4. The van der Waals surface area contributed by atoms with Gasteiger partial charge in [-0.15, -0.1) is 5.10 Å². The Morgan fingerprint density at radius 3 is 2.62 bits per heavy atom. The van der Waals surface area contributed by atoms with Crippen LogP contribution in [-0.2, 0) is 13.0 Å². The molecule has 0 atom stereocenters. The molecule has 26 heavy (non-hydrogen) atoms. The Kier molecular flexibility index (Phi) is 4.40. The fraction of sp³-hybridized carbons (Fsp3) is 0.500. The number of aryl methyl sites for hydroxylation is 1. The maximum atomic E-state index is 13.0. The molecule has 2 aromatic heterocycles. The average Bonchev–Trinajstić information content (AvgIpc) is 3.21. The van der Waals surface area contributed by atoms with Crippen LogP contribution in [0.5, 0.6) is 0 Å². The highest BCUT2D eigenvalue weighted by Gasteiger charge is 2.29. The third-order valence-corrected chi connectivity index (χ3v) is 4.99. The highest BCUT2D eigenvalue weighted by molar-refractivity contribution is 5.94. The molecule has 1 amide bonds. The van der Waals surface area contributed by atoms with Gasteiger partial charge in [0, 0.05) is 45.2 Å². The molecule has 1 fully saturated rings. The van der Waals surface area contributed by atoms with Crippen molar-refractivity contribution in [2.24, 2.45) is 0 Å². The molecular formula is C18H23N7O. The number of fused-ring (bicyclic) bond motifs is 1. The molecule has 1 N–H and O–H groups in total. The maximum absolute atomic E-state index is 13.0. The fourth-order valence-corrected chi connectivity index (χ4v) is 3.53. The lowest BCUT2D eigenvalue weighted by Crippen LogP contribution is -2.36. The minimum Gasteiger partial charge on any atom is -0.357 e. The molecule has 0 spiro atoms. The van der Waals surface area contributed by atoms with E-state index in [0.717, 1.165) is 61.7 Å². The van der Waals surface area contributed by atoms with E-state index in [1.807, 2.05) is 24.0 Å². The number of nitrogens with zero attached hydrogens (tertiary/aromatic N) is 6. The third-order valence-electron chi connectivity index (χ3n) is 4.99. The van der Waals surface area contributed by atoms with E-state index in [9.17, 15) is 4.79 Å². The van der Waals surface area contributed by atoms with Crippen LogP contribution >= 0.6 is 0 Å². The number of anilines is 2. The molecule has 2 aromatic rings. The first-order valence-electron chi connectivity index (χ1n) is 9.08. The van der Waals surface area contributed by atoms with Gasteiger partial charge >= 0.3 is 0 Å². The summed E-state index contributed by atoms with van der Waals surface area (Å²) >= 11 is 0. The number of hydrogen-bond acceptors (Lipinski definition) is 7. The summed E-state index contributed by atoms with van der Waals surface area (Å²) in [4.78, 5) is 26.2. The van der Waals surface area contributed by atoms with Gasteiger partial charge in [0.25, 0.3) is 5.91 Å². The van der Waals surface area contributed by atoms with E-state index in [1.54, 1.807) is 7.05 Å². The van der Waals surface area contributed by atoms with E-state index in [-0.39, 0.29) is 5.91 Å². The summed E-state index contributed by atoms with van der Waals surface area (Å²) < 4.78 is 0. The molecule has 0 aliphatic carbocycles. The van der Waals surface area contributed by atoms with Crippen LogP contribution in [0, 0.1) is 6.92 Å². The second-order valence-corrected chi connectivity index (χ2v) is 6.77. The Balaban J connectivity index is 1.69. The van der Waals surface area contributed by atoms with Gasteiger partial charge in [0.2, 0.25) is 5.95 Å². The number of carbonyl (C=O) groups excluding carboxylic acids is 1. The van der Waals surface area contributed by atoms with Crippen LogP contribution < -0.4 is 10.2 Å². The van der Waals surface area contributed by atoms with Gasteiger partial charge in [0.15, 0.2) is 5.82 Å². The number of rotatable bonds is 3. The summed E-state index contributed by atoms with van der Waals surface area (Å²) in [6, 6.07) is 3.92. The van der Waals surface area contributed by atoms with Crippen LogP contribution in [0.15, 0.2) is 12.1 Å². The molecule has 0 bridgehead atoms. The smallest absolute Gasteiger partial charge is 0.273 e. The summed E-state index contributed by atoms with van der Waals surface area (Å²) in [5.74, 6) is 1.34. The third kappa shape index (κ3) is 3.07. The van der Waals surface area contributed by atoms with Gasteiger partial charge in [0.05, 0.1) is 11.4 Å². The van der Waals surface area contributed by atoms with Crippen molar-refractivity contribution in [2.45, 2.75) is 32.7 Å². The van der Waals surface area contributed by atoms with E-state index in [1.165, 1.54) is 0 Å². The van der Waals surface area contributed by atoms with Crippen molar-refractivity contribution in [1.29, 1.82) is 0 Å². The van der Waals surface area contributed by atoms with Gasteiger partial charge in [-0.2, -0.15) is 5.10 Å². The Morgan fingerprint density at radius 1 is 1.12 bits per heavy atom. The summed E-state index contributed by atoms with van der Waals surface area (Å²) in [6.07, 6.45) is 2.87. The first kappa shape index (κ1) is 16.7.